The van der Waals surface area contributed by atoms with Crippen molar-refractivity contribution in [2.45, 2.75) is 156 Å². The average Bonchev–Trinajstić information content (AvgIpc) is 2.75. The maximum absolute atomic E-state index is 2.45. The van der Waals surface area contributed by atoms with Crippen molar-refractivity contribution in [1.82, 2.24) is 0 Å². The minimum atomic E-state index is -0.831. The van der Waals surface area contributed by atoms with E-state index in [0.29, 0.717) is 0 Å². The van der Waals surface area contributed by atoms with Crippen molar-refractivity contribution in [3.63, 3.8) is 0 Å². The Balaban J connectivity index is 3.17. The summed E-state index contributed by atoms with van der Waals surface area (Å²) in [6.07, 6.45) is 35.9. The third-order valence-electron chi connectivity index (χ3n) is 7.81. The molecule has 0 atom stereocenters. The summed E-state index contributed by atoms with van der Waals surface area (Å²) in [7, 11) is -0.831. The summed E-state index contributed by atoms with van der Waals surface area (Å²) in [6, 6.07) is 0. The summed E-state index contributed by atoms with van der Waals surface area (Å²) in [6.45, 7) is 9.67. The molecule has 0 fully saturated rings. The van der Waals surface area contributed by atoms with E-state index >= 15 is 0 Å². The van der Waals surface area contributed by atoms with Gasteiger partial charge < -0.3 is 0 Å². The van der Waals surface area contributed by atoms with Crippen LogP contribution in [0, 0.1) is 0 Å². The monoisotopic (exact) mass is 428 g/mol. The molecule has 0 spiro atoms. The SMILES string of the molecule is CCCCCCCCCCCCCCCCCCCCCC[PH](CC)(CC)CC. The van der Waals surface area contributed by atoms with Crippen LogP contribution in [0.3, 0.4) is 0 Å². The first-order valence-corrected chi connectivity index (χ1v) is 17.1. The van der Waals surface area contributed by atoms with E-state index in [0.717, 1.165) is 0 Å². The van der Waals surface area contributed by atoms with Crippen LogP contribution in [0.15, 0.2) is 0 Å². The maximum atomic E-state index is 2.45. The van der Waals surface area contributed by atoms with E-state index < -0.39 is 7.26 Å². The number of unbranched alkanes of at least 4 members (excludes halogenated alkanes) is 19. The van der Waals surface area contributed by atoms with Crippen molar-refractivity contribution in [3.8, 4) is 0 Å². The Hall–Kier alpha value is 0.430. The third-order valence-corrected chi connectivity index (χ3v) is 13.7. The van der Waals surface area contributed by atoms with Crippen molar-refractivity contribution in [3.05, 3.63) is 0 Å². The van der Waals surface area contributed by atoms with Gasteiger partial charge in [0.25, 0.3) is 0 Å². The van der Waals surface area contributed by atoms with Crippen LogP contribution in [-0.4, -0.2) is 24.6 Å². The second kappa shape index (κ2) is 23.1. The topological polar surface area (TPSA) is 0 Å². The molecular formula is C28H61P. The van der Waals surface area contributed by atoms with Crippen molar-refractivity contribution in [2.75, 3.05) is 24.6 Å². The number of rotatable bonds is 24. The van der Waals surface area contributed by atoms with Crippen LogP contribution in [0.4, 0.5) is 0 Å². The van der Waals surface area contributed by atoms with Gasteiger partial charge in [0.15, 0.2) is 0 Å². The molecule has 0 radical (unpaired) electrons. The normalized spacial score (nSPS) is 12.6. The van der Waals surface area contributed by atoms with Gasteiger partial charge in [-0.05, 0) is 0 Å². The molecule has 0 heterocycles. The Bertz CT molecular complexity index is 286. The van der Waals surface area contributed by atoms with Crippen LogP contribution in [-0.2, 0) is 0 Å². The molecule has 178 valence electrons. The van der Waals surface area contributed by atoms with E-state index in [-0.39, 0.29) is 0 Å². The van der Waals surface area contributed by atoms with Gasteiger partial charge >= 0.3 is 123 Å². The van der Waals surface area contributed by atoms with Gasteiger partial charge in [0, 0.05) is 0 Å². The van der Waals surface area contributed by atoms with Crippen molar-refractivity contribution >= 4 is 7.26 Å². The van der Waals surface area contributed by atoms with E-state index in [1.54, 1.807) is 6.16 Å². The fourth-order valence-electron chi connectivity index (χ4n) is 5.04. The predicted molar refractivity (Wildman–Crippen MR) is 143 cm³/mol. The van der Waals surface area contributed by atoms with Crippen LogP contribution < -0.4 is 0 Å². The zero-order valence-electron chi connectivity index (χ0n) is 21.5. The summed E-state index contributed by atoms with van der Waals surface area (Å²) in [5, 5.41) is 0. The van der Waals surface area contributed by atoms with Gasteiger partial charge in [0.1, 0.15) is 0 Å². The standard InChI is InChI=1S/C28H61P/c1-5-9-10-11-12-13-14-15-16-17-18-19-20-21-22-23-24-25-26-27-28-29(6-2,7-3)8-4/h29H,5-28H2,1-4H3. The van der Waals surface area contributed by atoms with Gasteiger partial charge in [-0.1, -0.05) is 64.7 Å². The zero-order chi connectivity index (χ0) is 21.5. The quantitative estimate of drug-likeness (QED) is 0.106. The third kappa shape index (κ3) is 18.9. The van der Waals surface area contributed by atoms with Gasteiger partial charge in [0.05, 0.1) is 0 Å². The molecule has 0 saturated heterocycles. The van der Waals surface area contributed by atoms with Gasteiger partial charge in [-0.15, -0.1) is 0 Å². The average molecular weight is 429 g/mol. The number of hydrogen-bond acceptors (Lipinski definition) is 0. The van der Waals surface area contributed by atoms with Crippen molar-refractivity contribution in [2.24, 2.45) is 0 Å². The Kier molecular flexibility index (Phi) is 23.4. The molecule has 0 bridgehead atoms. The molecule has 1 heteroatoms. The van der Waals surface area contributed by atoms with Crippen molar-refractivity contribution < 1.29 is 0 Å². The molecule has 0 aliphatic carbocycles. The molecule has 0 amide bonds. The van der Waals surface area contributed by atoms with E-state index in [1.807, 2.05) is 0 Å². The van der Waals surface area contributed by atoms with Gasteiger partial charge in [-0.2, -0.15) is 0 Å². The Labute approximate surface area is 188 Å². The van der Waals surface area contributed by atoms with E-state index in [4.69, 9.17) is 0 Å². The van der Waals surface area contributed by atoms with Crippen LogP contribution in [0.25, 0.3) is 0 Å². The summed E-state index contributed by atoms with van der Waals surface area (Å²) in [4.78, 5) is 0. The van der Waals surface area contributed by atoms with Crippen LogP contribution in [0.5, 0.6) is 0 Å². The summed E-state index contributed by atoms with van der Waals surface area (Å²) in [5.41, 5.74) is 0. The minimum absolute atomic E-state index is 0.831. The van der Waals surface area contributed by atoms with Gasteiger partial charge in [-0.3, -0.25) is 0 Å². The van der Waals surface area contributed by atoms with Crippen molar-refractivity contribution in [1.29, 1.82) is 0 Å². The van der Waals surface area contributed by atoms with Crippen LogP contribution in [0.2, 0.25) is 0 Å². The molecule has 0 saturated carbocycles. The second-order valence-corrected chi connectivity index (χ2v) is 15.6. The molecule has 0 nitrogen and oxygen atoms in total. The molecule has 0 aliphatic heterocycles. The van der Waals surface area contributed by atoms with E-state index in [2.05, 4.69) is 27.7 Å². The molecular weight excluding hydrogens is 367 g/mol. The van der Waals surface area contributed by atoms with E-state index in [1.165, 1.54) is 147 Å². The first kappa shape index (κ1) is 29.4. The van der Waals surface area contributed by atoms with Crippen LogP contribution >= 0.6 is 7.26 Å². The summed E-state index contributed by atoms with van der Waals surface area (Å²) >= 11 is 0. The first-order valence-electron chi connectivity index (χ1n) is 14.2. The zero-order valence-corrected chi connectivity index (χ0v) is 22.5. The molecule has 0 unspecified atom stereocenters. The Morgan fingerprint density at radius 2 is 0.552 bits per heavy atom. The molecule has 0 aromatic heterocycles. The predicted octanol–water partition coefficient (Wildman–Crippen LogP) is 10.6. The molecule has 0 aliphatic rings. The molecule has 0 rings (SSSR count). The summed E-state index contributed by atoms with van der Waals surface area (Å²) < 4.78 is 0. The molecule has 0 aromatic carbocycles. The first-order chi connectivity index (χ1) is 14.2. The Morgan fingerprint density at radius 1 is 0.310 bits per heavy atom. The van der Waals surface area contributed by atoms with E-state index in [9.17, 15) is 0 Å². The Morgan fingerprint density at radius 3 is 0.793 bits per heavy atom. The van der Waals surface area contributed by atoms with Crippen LogP contribution in [0.1, 0.15) is 156 Å². The number of hydrogen-bond donors (Lipinski definition) is 0. The summed E-state index contributed by atoms with van der Waals surface area (Å²) in [5.74, 6) is 0. The molecule has 0 N–H and O–H groups in total. The van der Waals surface area contributed by atoms with Gasteiger partial charge in [0.2, 0.25) is 0 Å². The van der Waals surface area contributed by atoms with Gasteiger partial charge in [-0.25, -0.2) is 0 Å². The fourth-order valence-corrected chi connectivity index (χ4v) is 8.60. The molecule has 29 heavy (non-hydrogen) atoms. The fraction of sp³-hybridized carbons (Fsp3) is 1.00. The second-order valence-electron chi connectivity index (χ2n) is 10.0. The molecule has 0 aromatic rings.